The summed E-state index contributed by atoms with van der Waals surface area (Å²) in [6, 6.07) is 5.42. The zero-order valence-electron chi connectivity index (χ0n) is 11.6. The fourth-order valence-electron chi connectivity index (χ4n) is 3.55. The van der Waals surface area contributed by atoms with Gasteiger partial charge in [0.25, 0.3) is 0 Å². The number of fused-ring (bicyclic) bond motifs is 1. The Labute approximate surface area is 118 Å². The highest BCUT2D eigenvalue weighted by atomic mass is 16.5. The highest BCUT2D eigenvalue weighted by molar-refractivity contribution is 5.98. The maximum Gasteiger partial charge on any atom is 0.340 e. The van der Waals surface area contributed by atoms with Gasteiger partial charge in [0.2, 0.25) is 0 Å². The zero-order valence-corrected chi connectivity index (χ0v) is 11.6. The second-order valence-electron chi connectivity index (χ2n) is 5.70. The highest BCUT2D eigenvalue weighted by Gasteiger charge is 2.42. The van der Waals surface area contributed by atoms with E-state index < -0.39 is 5.97 Å². The van der Waals surface area contributed by atoms with Gasteiger partial charge in [-0.1, -0.05) is 6.07 Å². The van der Waals surface area contributed by atoms with Crippen LogP contribution in [0.3, 0.4) is 0 Å². The Morgan fingerprint density at radius 2 is 2.20 bits per heavy atom. The van der Waals surface area contributed by atoms with E-state index in [2.05, 4.69) is 4.90 Å². The Morgan fingerprint density at radius 1 is 1.40 bits per heavy atom. The van der Waals surface area contributed by atoms with Crippen molar-refractivity contribution < 1.29 is 14.6 Å². The SMILES string of the molecule is COC(=O)c1cccc(N2CC3CCC(O)C3C2)c1N. The average molecular weight is 276 g/mol. The Bertz CT molecular complexity index is 532. The van der Waals surface area contributed by atoms with Crippen LogP contribution < -0.4 is 10.6 Å². The van der Waals surface area contributed by atoms with Gasteiger partial charge in [-0.3, -0.25) is 0 Å². The van der Waals surface area contributed by atoms with Crippen molar-refractivity contribution in [3.63, 3.8) is 0 Å². The number of ether oxygens (including phenoxy) is 1. The van der Waals surface area contributed by atoms with Crippen LogP contribution in [-0.2, 0) is 4.74 Å². The smallest absolute Gasteiger partial charge is 0.340 e. The summed E-state index contributed by atoms with van der Waals surface area (Å²) in [7, 11) is 1.35. The molecular formula is C15H20N2O3. The molecule has 0 radical (unpaired) electrons. The molecule has 2 aliphatic rings. The maximum absolute atomic E-state index is 11.7. The van der Waals surface area contributed by atoms with Gasteiger partial charge in [-0.15, -0.1) is 0 Å². The number of anilines is 2. The first kappa shape index (κ1) is 13.2. The van der Waals surface area contributed by atoms with Crippen LogP contribution in [0.4, 0.5) is 11.4 Å². The van der Waals surface area contributed by atoms with Gasteiger partial charge in [-0.05, 0) is 30.9 Å². The summed E-state index contributed by atoms with van der Waals surface area (Å²) in [6.45, 7) is 1.71. The molecule has 3 N–H and O–H groups in total. The second kappa shape index (κ2) is 4.98. The number of esters is 1. The molecule has 3 rings (SSSR count). The van der Waals surface area contributed by atoms with Crippen molar-refractivity contribution in [2.75, 3.05) is 30.8 Å². The lowest BCUT2D eigenvalue weighted by Crippen LogP contribution is -2.25. The summed E-state index contributed by atoms with van der Waals surface area (Å²) in [5.41, 5.74) is 7.86. The van der Waals surface area contributed by atoms with Gasteiger partial charge in [-0.2, -0.15) is 0 Å². The highest BCUT2D eigenvalue weighted by Crippen LogP contribution is 2.41. The molecule has 0 aromatic heterocycles. The zero-order chi connectivity index (χ0) is 14.3. The number of hydrogen-bond donors (Lipinski definition) is 2. The van der Waals surface area contributed by atoms with Crippen LogP contribution in [0, 0.1) is 11.8 Å². The van der Waals surface area contributed by atoms with Crippen molar-refractivity contribution in [3.05, 3.63) is 23.8 Å². The van der Waals surface area contributed by atoms with Crippen molar-refractivity contribution in [3.8, 4) is 0 Å². The Balaban J connectivity index is 1.87. The molecule has 5 nitrogen and oxygen atoms in total. The van der Waals surface area contributed by atoms with E-state index in [9.17, 15) is 9.90 Å². The van der Waals surface area contributed by atoms with Crippen LogP contribution in [-0.4, -0.2) is 37.4 Å². The van der Waals surface area contributed by atoms with Gasteiger partial charge < -0.3 is 20.5 Å². The molecule has 1 aromatic carbocycles. The molecule has 108 valence electrons. The van der Waals surface area contributed by atoms with E-state index in [-0.39, 0.29) is 6.10 Å². The van der Waals surface area contributed by atoms with Gasteiger partial charge in [-0.25, -0.2) is 4.79 Å². The number of carbonyl (C=O) groups is 1. The third-order valence-corrected chi connectivity index (χ3v) is 4.65. The predicted octanol–water partition coefficient (Wildman–Crippen LogP) is 1.26. The minimum Gasteiger partial charge on any atom is -0.465 e. The Morgan fingerprint density at radius 3 is 2.90 bits per heavy atom. The normalized spacial score (nSPS) is 28.5. The Kier molecular flexibility index (Phi) is 3.30. The van der Waals surface area contributed by atoms with Crippen LogP contribution in [0.25, 0.3) is 0 Å². The summed E-state index contributed by atoms with van der Waals surface area (Å²) in [5, 5.41) is 9.98. The molecule has 1 saturated heterocycles. The van der Waals surface area contributed by atoms with E-state index in [0.29, 0.717) is 23.1 Å². The molecule has 2 fully saturated rings. The molecule has 0 spiro atoms. The molecule has 5 heteroatoms. The molecule has 3 atom stereocenters. The summed E-state index contributed by atoms with van der Waals surface area (Å²) in [6.07, 6.45) is 1.77. The average Bonchev–Trinajstić information content (AvgIpc) is 3.01. The number of nitrogens with two attached hydrogens (primary N) is 1. The first-order valence-corrected chi connectivity index (χ1v) is 7.01. The number of methoxy groups -OCH3 is 1. The van der Waals surface area contributed by atoms with Crippen LogP contribution in [0.5, 0.6) is 0 Å². The number of aliphatic hydroxyl groups is 1. The molecule has 20 heavy (non-hydrogen) atoms. The number of rotatable bonds is 2. The van der Waals surface area contributed by atoms with Crippen LogP contribution in [0.2, 0.25) is 0 Å². The number of para-hydroxylation sites is 1. The topological polar surface area (TPSA) is 75.8 Å². The lowest BCUT2D eigenvalue weighted by molar-refractivity contribution is 0.0602. The number of benzene rings is 1. The molecule has 0 bridgehead atoms. The molecule has 1 aromatic rings. The first-order valence-electron chi connectivity index (χ1n) is 7.01. The van der Waals surface area contributed by atoms with E-state index >= 15 is 0 Å². The fourth-order valence-corrected chi connectivity index (χ4v) is 3.55. The maximum atomic E-state index is 11.7. The third kappa shape index (κ3) is 2.02. The monoisotopic (exact) mass is 276 g/mol. The summed E-state index contributed by atoms with van der Waals surface area (Å²) in [5.74, 6) is 0.450. The van der Waals surface area contributed by atoms with Gasteiger partial charge in [0.15, 0.2) is 0 Å². The van der Waals surface area contributed by atoms with E-state index in [1.54, 1.807) is 6.07 Å². The Hall–Kier alpha value is -1.75. The van der Waals surface area contributed by atoms with Gasteiger partial charge in [0.05, 0.1) is 30.2 Å². The van der Waals surface area contributed by atoms with E-state index in [1.165, 1.54) is 7.11 Å². The lowest BCUT2D eigenvalue weighted by atomic mass is 10.00. The van der Waals surface area contributed by atoms with Crippen LogP contribution in [0.15, 0.2) is 18.2 Å². The summed E-state index contributed by atoms with van der Waals surface area (Å²) in [4.78, 5) is 13.9. The molecular weight excluding hydrogens is 256 g/mol. The van der Waals surface area contributed by atoms with Crippen LogP contribution in [0.1, 0.15) is 23.2 Å². The van der Waals surface area contributed by atoms with Gasteiger partial charge in [0, 0.05) is 19.0 Å². The van der Waals surface area contributed by atoms with Crippen molar-refractivity contribution in [1.29, 1.82) is 0 Å². The largest absolute Gasteiger partial charge is 0.465 e. The number of nitrogens with zero attached hydrogens (tertiary/aromatic N) is 1. The van der Waals surface area contributed by atoms with Crippen molar-refractivity contribution in [2.24, 2.45) is 11.8 Å². The number of aliphatic hydroxyl groups excluding tert-OH is 1. The van der Waals surface area contributed by atoms with Crippen molar-refractivity contribution in [1.82, 2.24) is 0 Å². The van der Waals surface area contributed by atoms with E-state index in [0.717, 1.165) is 31.6 Å². The molecule has 0 amide bonds. The quantitative estimate of drug-likeness (QED) is 0.628. The minimum absolute atomic E-state index is 0.199. The fraction of sp³-hybridized carbons (Fsp3) is 0.533. The lowest BCUT2D eigenvalue weighted by Gasteiger charge is -2.23. The van der Waals surface area contributed by atoms with E-state index in [4.69, 9.17) is 10.5 Å². The predicted molar refractivity (Wildman–Crippen MR) is 76.6 cm³/mol. The van der Waals surface area contributed by atoms with Crippen molar-refractivity contribution >= 4 is 17.3 Å². The second-order valence-corrected chi connectivity index (χ2v) is 5.70. The van der Waals surface area contributed by atoms with Crippen LogP contribution >= 0.6 is 0 Å². The summed E-state index contributed by atoms with van der Waals surface area (Å²) < 4.78 is 4.75. The first-order chi connectivity index (χ1) is 9.61. The number of nitrogen functional groups attached to an aromatic ring is 1. The third-order valence-electron chi connectivity index (χ3n) is 4.65. The molecule has 1 aliphatic heterocycles. The molecule has 1 aliphatic carbocycles. The minimum atomic E-state index is -0.413. The molecule has 1 heterocycles. The van der Waals surface area contributed by atoms with E-state index in [1.807, 2.05) is 12.1 Å². The molecule has 3 unspecified atom stereocenters. The van der Waals surface area contributed by atoms with Crippen molar-refractivity contribution in [2.45, 2.75) is 18.9 Å². The molecule has 1 saturated carbocycles. The summed E-state index contributed by atoms with van der Waals surface area (Å²) >= 11 is 0. The number of carbonyl (C=O) groups excluding carboxylic acids is 1. The number of hydrogen-bond acceptors (Lipinski definition) is 5. The van der Waals surface area contributed by atoms with Gasteiger partial charge >= 0.3 is 5.97 Å². The van der Waals surface area contributed by atoms with Gasteiger partial charge in [0.1, 0.15) is 0 Å². The standard InChI is InChI=1S/C15H20N2O3/c1-20-15(19)10-3-2-4-12(14(10)16)17-7-9-5-6-13(18)11(9)8-17/h2-4,9,11,13,18H,5-8,16H2,1H3.